The average Bonchev–Trinajstić information content (AvgIpc) is 2.92. The number of hydrogen-bond donors (Lipinski definition) is 1. The van der Waals surface area contributed by atoms with Gasteiger partial charge in [0.15, 0.2) is 18.1 Å². The number of anilines is 1. The Hall–Kier alpha value is -3.50. The van der Waals surface area contributed by atoms with Gasteiger partial charge in [0.05, 0.1) is 24.2 Å². The second-order valence-corrected chi connectivity index (χ2v) is 10.7. The molecule has 4 rings (SSSR count). The van der Waals surface area contributed by atoms with Crippen molar-refractivity contribution < 1.29 is 14.3 Å². The molecule has 0 fully saturated rings. The van der Waals surface area contributed by atoms with Crippen LogP contribution in [0.2, 0.25) is 0 Å². The Labute approximate surface area is 243 Å². The van der Waals surface area contributed by atoms with Crippen LogP contribution in [0.15, 0.2) is 73.4 Å². The zero-order valence-electron chi connectivity index (χ0n) is 21.8. The Morgan fingerprint density at radius 1 is 1.10 bits per heavy atom. The Kier molecular flexibility index (Phi) is 9.53. The highest BCUT2D eigenvalue weighted by atomic mass is 79.9. The van der Waals surface area contributed by atoms with Crippen molar-refractivity contribution in [2.24, 2.45) is 5.10 Å². The number of halogens is 2. The molecule has 39 heavy (non-hydrogen) atoms. The molecule has 0 radical (unpaired) electrons. The number of aryl methyl sites for hydroxylation is 2. The summed E-state index contributed by atoms with van der Waals surface area (Å²) in [5.41, 5.74) is 2.85. The van der Waals surface area contributed by atoms with Crippen LogP contribution < -0.4 is 20.3 Å². The number of benzene rings is 3. The van der Waals surface area contributed by atoms with Gasteiger partial charge in [-0.1, -0.05) is 47.0 Å². The number of rotatable bonds is 10. The van der Waals surface area contributed by atoms with E-state index in [2.05, 4.69) is 49.2 Å². The third kappa shape index (κ3) is 7.13. The van der Waals surface area contributed by atoms with E-state index in [-0.39, 0.29) is 18.1 Å². The minimum atomic E-state index is -0.294. The van der Waals surface area contributed by atoms with Crippen molar-refractivity contribution in [3.63, 3.8) is 0 Å². The molecule has 0 spiro atoms. The van der Waals surface area contributed by atoms with Crippen LogP contribution in [0.25, 0.3) is 10.9 Å². The zero-order chi connectivity index (χ0) is 27.9. The number of hydrogen-bond acceptors (Lipinski definition) is 6. The summed E-state index contributed by atoms with van der Waals surface area (Å²) < 4.78 is 14.0. The van der Waals surface area contributed by atoms with E-state index in [1.807, 2.05) is 43.3 Å². The molecular weight excluding hydrogens is 628 g/mol. The van der Waals surface area contributed by atoms with Gasteiger partial charge in [-0.15, -0.1) is 0 Å². The van der Waals surface area contributed by atoms with Gasteiger partial charge in [-0.3, -0.25) is 9.59 Å². The number of methoxy groups -OCH3 is 1. The summed E-state index contributed by atoms with van der Waals surface area (Å²) in [6.45, 7) is 3.87. The second-order valence-electron chi connectivity index (χ2n) is 8.88. The standard InChI is InChI=1S/C29H28Br2N4O4/c1-4-5-6-27-34-24-12-9-20(30)14-22(24)29(37)35(27)32-16-19-13-25(38-3)26(15-23(19)31)39-17-28(36)33-21-10-7-18(2)8-11-21/h7-16H,4-6,17H2,1-3H3,(H,33,36). The summed E-state index contributed by atoms with van der Waals surface area (Å²) in [4.78, 5) is 30.4. The molecule has 0 saturated heterocycles. The number of fused-ring (bicyclic) bond motifs is 1. The van der Waals surface area contributed by atoms with E-state index in [0.29, 0.717) is 50.4 Å². The van der Waals surface area contributed by atoms with Gasteiger partial charge in [-0.2, -0.15) is 9.78 Å². The molecule has 1 aromatic heterocycles. The highest BCUT2D eigenvalue weighted by Gasteiger charge is 2.14. The summed E-state index contributed by atoms with van der Waals surface area (Å²) in [5, 5.41) is 7.79. The van der Waals surface area contributed by atoms with Gasteiger partial charge in [-0.25, -0.2) is 4.98 Å². The van der Waals surface area contributed by atoms with Crippen molar-refractivity contribution >= 4 is 60.6 Å². The second kappa shape index (κ2) is 13.0. The number of nitrogens with zero attached hydrogens (tertiary/aromatic N) is 3. The Morgan fingerprint density at radius 2 is 1.87 bits per heavy atom. The smallest absolute Gasteiger partial charge is 0.282 e. The maximum atomic E-state index is 13.3. The third-order valence-corrected chi connectivity index (χ3v) is 7.10. The highest BCUT2D eigenvalue weighted by Crippen LogP contribution is 2.33. The molecule has 202 valence electrons. The van der Waals surface area contributed by atoms with Crippen molar-refractivity contribution in [2.75, 3.05) is 19.0 Å². The molecule has 3 aromatic carbocycles. The van der Waals surface area contributed by atoms with E-state index in [1.165, 1.54) is 11.8 Å². The molecule has 0 aliphatic rings. The molecule has 0 atom stereocenters. The normalized spacial score (nSPS) is 11.2. The fourth-order valence-corrected chi connectivity index (χ4v) is 4.62. The molecule has 4 aromatic rings. The zero-order valence-corrected chi connectivity index (χ0v) is 25.0. The van der Waals surface area contributed by atoms with E-state index < -0.39 is 0 Å². The third-order valence-electron chi connectivity index (χ3n) is 5.92. The van der Waals surface area contributed by atoms with Crippen molar-refractivity contribution in [3.8, 4) is 11.5 Å². The number of unbranched alkanes of at least 4 members (excludes halogenated alkanes) is 1. The fraction of sp³-hybridized carbons (Fsp3) is 0.241. The average molecular weight is 656 g/mol. The summed E-state index contributed by atoms with van der Waals surface area (Å²) in [6, 6.07) is 16.4. The van der Waals surface area contributed by atoms with Crippen LogP contribution in [0.3, 0.4) is 0 Å². The van der Waals surface area contributed by atoms with Crippen LogP contribution in [0.4, 0.5) is 5.69 Å². The molecular formula is C29H28Br2N4O4. The van der Waals surface area contributed by atoms with Crippen LogP contribution in [-0.2, 0) is 11.2 Å². The van der Waals surface area contributed by atoms with Crippen LogP contribution >= 0.6 is 31.9 Å². The Balaban J connectivity index is 1.58. The predicted octanol–water partition coefficient (Wildman–Crippen LogP) is 6.48. The molecule has 0 aliphatic carbocycles. The first-order chi connectivity index (χ1) is 18.8. The maximum absolute atomic E-state index is 13.3. The van der Waals surface area contributed by atoms with Crippen molar-refractivity contribution in [2.45, 2.75) is 33.1 Å². The van der Waals surface area contributed by atoms with Crippen molar-refractivity contribution in [1.29, 1.82) is 0 Å². The molecule has 1 N–H and O–H groups in total. The maximum Gasteiger partial charge on any atom is 0.282 e. The van der Waals surface area contributed by atoms with E-state index in [1.54, 1.807) is 24.4 Å². The predicted molar refractivity (Wildman–Crippen MR) is 161 cm³/mol. The van der Waals surface area contributed by atoms with Gasteiger partial charge in [0.25, 0.3) is 11.5 Å². The molecule has 0 bridgehead atoms. The van der Waals surface area contributed by atoms with Crippen molar-refractivity contribution in [1.82, 2.24) is 9.66 Å². The lowest BCUT2D eigenvalue weighted by atomic mass is 10.2. The monoisotopic (exact) mass is 654 g/mol. The van der Waals surface area contributed by atoms with Gasteiger partial charge in [0.2, 0.25) is 0 Å². The van der Waals surface area contributed by atoms with Gasteiger partial charge in [-0.05, 0) is 71.7 Å². The number of carbonyl (C=O) groups excluding carboxylic acids is 1. The summed E-state index contributed by atoms with van der Waals surface area (Å²) in [7, 11) is 1.52. The number of nitrogens with one attached hydrogen (secondary N) is 1. The molecule has 0 unspecified atom stereocenters. The fourth-order valence-electron chi connectivity index (χ4n) is 3.83. The highest BCUT2D eigenvalue weighted by molar-refractivity contribution is 9.10. The minimum Gasteiger partial charge on any atom is -0.493 e. The molecule has 0 saturated carbocycles. The lowest BCUT2D eigenvalue weighted by molar-refractivity contribution is -0.118. The van der Waals surface area contributed by atoms with Gasteiger partial charge >= 0.3 is 0 Å². The SMILES string of the molecule is CCCCc1nc2ccc(Br)cc2c(=O)n1N=Cc1cc(OC)c(OCC(=O)Nc2ccc(C)cc2)cc1Br. The number of carbonyl (C=O) groups is 1. The first kappa shape index (κ1) is 28.5. The first-order valence-corrected chi connectivity index (χ1v) is 14.0. The minimum absolute atomic E-state index is 0.196. The Bertz CT molecular complexity index is 1580. The largest absolute Gasteiger partial charge is 0.493 e. The number of aromatic nitrogens is 2. The molecule has 8 nitrogen and oxygen atoms in total. The van der Waals surface area contributed by atoms with Crippen LogP contribution in [0.1, 0.15) is 36.7 Å². The summed E-state index contributed by atoms with van der Waals surface area (Å²) in [5.74, 6) is 1.10. The quantitative estimate of drug-likeness (QED) is 0.197. The van der Waals surface area contributed by atoms with E-state index in [4.69, 9.17) is 14.5 Å². The van der Waals surface area contributed by atoms with E-state index in [0.717, 1.165) is 22.9 Å². The molecule has 0 aliphatic heterocycles. The lowest BCUT2D eigenvalue weighted by Crippen LogP contribution is -2.22. The van der Waals surface area contributed by atoms with Gasteiger partial charge in [0, 0.05) is 26.6 Å². The topological polar surface area (TPSA) is 94.8 Å². The summed E-state index contributed by atoms with van der Waals surface area (Å²) in [6.07, 6.45) is 4.04. The number of ether oxygens (including phenoxy) is 2. The van der Waals surface area contributed by atoms with Crippen molar-refractivity contribution in [3.05, 3.63) is 90.8 Å². The molecule has 10 heteroatoms. The van der Waals surface area contributed by atoms with E-state index in [9.17, 15) is 9.59 Å². The van der Waals surface area contributed by atoms with Crippen LogP contribution in [-0.4, -0.2) is 35.5 Å². The molecule has 1 heterocycles. The molecule has 1 amide bonds. The van der Waals surface area contributed by atoms with Gasteiger partial charge < -0.3 is 14.8 Å². The van der Waals surface area contributed by atoms with Gasteiger partial charge in [0.1, 0.15) is 5.82 Å². The van der Waals surface area contributed by atoms with Crippen LogP contribution in [0.5, 0.6) is 11.5 Å². The van der Waals surface area contributed by atoms with E-state index >= 15 is 0 Å². The Morgan fingerprint density at radius 3 is 2.59 bits per heavy atom. The summed E-state index contributed by atoms with van der Waals surface area (Å²) >= 11 is 6.97. The number of amides is 1. The van der Waals surface area contributed by atoms with Crippen LogP contribution in [0, 0.1) is 6.92 Å². The first-order valence-electron chi connectivity index (χ1n) is 12.4. The lowest BCUT2D eigenvalue weighted by Gasteiger charge is -2.13.